The van der Waals surface area contributed by atoms with E-state index in [2.05, 4.69) is 24.0 Å². The second-order valence-electron chi connectivity index (χ2n) is 6.88. The van der Waals surface area contributed by atoms with Gasteiger partial charge >= 0.3 is 5.97 Å². The molecule has 0 amide bonds. The molecule has 2 rings (SSSR count). The maximum atomic E-state index is 13.0. The van der Waals surface area contributed by atoms with Gasteiger partial charge in [-0.15, -0.1) is 0 Å². The average molecular weight is 357 g/mol. The molecule has 26 heavy (non-hydrogen) atoms. The van der Waals surface area contributed by atoms with Gasteiger partial charge < -0.3 is 14.6 Å². The molecular formula is C21H29N2O3+. The van der Waals surface area contributed by atoms with Crippen molar-refractivity contribution in [1.82, 2.24) is 4.98 Å². The van der Waals surface area contributed by atoms with E-state index < -0.39 is 0 Å². The zero-order chi connectivity index (χ0) is 19.4. The van der Waals surface area contributed by atoms with Crippen molar-refractivity contribution in [2.45, 2.75) is 47.2 Å². The lowest BCUT2D eigenvalue weighted by Gasteiger charge is -2.21. The Balaban J connectivity index is 2.21. The van der Waals surface area contributed by atoms with Crippen molar-refractivity contribution in [3.8, 4) is 0 Å². The van der Waals surface area contributed by atoms with Crippen LogP contribution in [0.5, 0.6) is 0 Å². The summed E-state index contributed by atoms with van der Waals surface area (Å²) in [6, 6.07) is 7.98. The number of aromatic nitrogens is 1. The SMILES string of the molecule is CCOC(=O)c1c(C)[nH]c(C(=O)[C@H](C)[NH+](C)Cc2ccccc2C)c1C. The summed E-state index contributed by atoms with van der Waals surface area (Å²) in [5, 5.41) is 0. The number of H-pyrrole nitrogens is 1. The Labute approximate surface area is 155 Å². The highest BCUT2D eigenvalue weighted by molar-refractivity contribution is 6.03. The first-order chi connectivity index (χ1) is 12.3. The van der Waals surface area contributed by atoms with Crippen LogP contribution in [0, 0.1) is 20.8 Å². The fourth-order valence-electron chi connectivity index (χ4n) is 3.21. The molecule has 0 aliphatic carbocycles. The van der Waals surface area contributed by atoms with Gasteiger partial charge in [0.2, 0.25) is 5.78 Å². The summed E-state index contributed by atoms with van der Waals surface area (Å²) in [6.45, 7) is 10.5. The van der Waals surface area contributed by atoms with Gasteiger partial charge in [0.25, 0.3) is 0 Å². The van der Waals surface area contributed by atoms with E-state index in [9.17, 15) is 9.59 Å². The van der Waals surface area contributed by atoms with Crippen molar-refractivity contribution in [2.24, 2.45) is 0 Å². The second-order valence-corrected chi connectivity index (χ2v) is 6.88. The van der Waals surface area contributed by atoms with Crippen LogP contribution in [-0.2, 0) is 11.3 Å². The summed E-state index contributed by atoms with van der Waals surface area (Å²) in [5.41, 5.74) is 4.77. The van der Waals surface area contributed by atoms with Gasteiger partial charge in [0.05, 0.1) is 24.9 Å². The number of esters is 1. The molecule has 0 fully saturated rings. The summed E-state index contributed by atoms with van der Waals surface area (Å²) in [6.07, 6.45) is 0. The van der Waals surface area contributed by atoms with Gasteiger partial charge in [0.15, 0.2) is 6.04 Å². The van der Waals surface area contributed by atoms with Crippen LogP contribution in [-0.4, -0.2) is 36.4 Å². The monoisotopic (exact) mass is 357 g/mol. The Morgan fingerprint density at radius 1 is 1.19 bits per heavy atom. The van der Waals surface area contributed by atoms with E-state index in [4.69, 9.17) is 4.74 Å². The number of carbonyl (C=O) groups is 2. The molecule has 1 aromatic carbocycles. The number of likely N-dealkylation sites (N-methyl/N-ethyl adjacent to an activating group) is 1. The number of carbonyl (C=O) groups excluding carboxylic acids is 2. The molecule has 0 aliphatic heterocycles. The highest BCUT2D eigenvalue weighted by Crippen LogP contribution is 2.20. The average Bonchev–Trinajstić information content (AvgIpc) is 2.90. The number of Topliss-reactive ketones (excluding diaryl/α,β-unsaturated/α-hetero) is 1. The topological polar surface area (TPSA) is 63.6 Å². The summed E-state index contributed by atoms with van der Waals surface area (Å²) >= 11 is 0. The Kier molecular flexibility index (Phi) is 6.37. The molecule has 0 saturated carbocycles. The first-order valence-electron chi connectivity index (χ1n) is 9.05. The molecule has 1 heterocycles. The Bertz CT molecular complexity index is 808. The summed E-state index contributed by atoms with van der Waals surface area (Å²) in [4.78, 5) is 29.4. The number of nitrogens with one attached hydrogen (secondary N) is 2. The zero-order valence-corrected chi connectivity index (χ0v) is 16.5. The first kappa shape index (κ1) is 19.9. The maximum absolute atomic E-state index is 13.0. The van der Waals surface area contributed by atoms with Gasteiger partial charge in [0.1, 0.15) is 6.54 Å². The van der Waals surface area contributed by atoms with Crippen molar-refractivity contribution < 1.29 is 19.2 Å². The molecule has 2 atom stereocenters. The zero-order valence-electron chi connectivity index (χ0n) is 16.5. The molecule has 0 radical (unpaired) electrons. The Morgan fingerprint density at radius 3 is 2.46 bits per heavy atom. The van der Waals surface area contributed by atoms with Crippen molar-refractivity contribution in [1.29, 1.82) is 0 Å². The van der Waals surface area contributed by atoms with Gasteiger partial charge in [-0.1, -0.05) is 24.3 Å². The molecule has 0 aliphatic rings. The number of hydrogen-bond donors (Lipinski definition) is 2. The van der Waals surface area contributed by atoms with E-state index in [1.165, 1.54) is 11.1 Å². The predicted molar refractivity (Wildman–Crippen MR) is 102 cm³/mol. The standard InChI is InChI=1S/C21H28N2O3/c1-7-26-21(25)18-14(3)19(22-15(18)4)20(24)16(5)23(6)12-17-11-9-8-10-13(17)2/h8-11,16,22H,7,12H2,1-6H3/p+1/t16-/m0/s1. The fraction of sp³-hybridized carbons (Fsp3) is 0.429. The van der Waals surface area contributed by atoms with Gasteiger partial charge in [-0.25, -0.2) is 4.79 Å². The number of aromatic amines is 1. The van der Waals surface area contributed by atoms with E-state index >= 15 is 0 Å². The number of benzene rings is 1. The van der Waals surface area contributed by atoms with Gasteiger partial charge in [0, 0.05) is 11.3 Å². The highest BCUT2D eigenvalue weighted by atomic mass is 16.5. The summed E-state index contributed by atoms with van der Waals surface area (Å²) in [5.74, 6) is -0.377. The van der Waals surface area contributed by atoms with Crippen LogP contribution in [0.15, 0.2) is 24.3 Å². The maximum Gasteiger partial charge on any atom is 0.340 e. The van der Waals surface area contributed by atoms with Crippen molar-refractivity contribution >= 4 is 11.8 Å². The lowest BCUT2D eigenvalue weighted by Crippen LogP contribution is -3.12. The quantitative estimate of drug-likeness (QED) is 0.591. The largest absolute Gasteiger partial charge is 0.462 e. The normalized spacial score (nSPS) is 13.3. The molecule has 2 aromatic rings. The van der Waals surface area contributed by atoms with Gasteiger partial charge in [-0.2, -0.15) is 0 Å². The van der Waals surface area contributed by atoms with Crippen LogP contribution in [0.4, 0.5) is 0 Å². The third-order valence-corrected chi connectivity index (χ3v) is 5.03. The van der Waals surface area contributed by atoms with Crippen molar-refractivity contribution in [2.75, 3.05) is 13.7 Å². The number of rotatable bonds is 7. The molecule has 0 saturated heterocycles. The van der Waals surface area contributed by atoms with Crippen LogP contribution in [0.3, 0.4) is 0 Å². The van der Waals surface area contributed by atoms with Crippen molar-refractivity contribution in [3.63, 3.8) is 0 Å². The molecule has 5 nitrogen and oxygen atoms in total. The molecule has 0 spiro atoms. The van der Waals surface area contributed by atoms with Gasteiger partial charge in [-0.05, 0) is 45.7 Å². The molecule has 2 N–H and O–H groups in total. The molecular weight excluding hydrogens is 328 g/mol. The lowest BCUT2D eigenvalue weighted by molar-refractivity contribution is -0.907. The van der Waals surface area contributed by atoms with E-state index in [0.717, 1.165) is 11.4 Å². The van der Waals surface area contributed by atoms with E-state index in [-0.39, 0.29) is 17.8 Å². The minimum atomic E-state index is -0.383. The van der Waals surface area contributed by atoms with Crippen LogP contribution < -0.4 is 4.90 Å². The highest BCUT2D eigenvalue weighted by Gasteiger charge is 2.29. The molecule has 0 bridgehead atoms. The fourth-order valence-corrected chi connectivity index (χ4v) is 3.21. The lowest BCUT2D eigenvalue weighted by atomic mass is 10.0. The second kappa shape index (κ2) is 8.32. The minimum absolute atomic E-state index is 0.00670. The number of quaternary nitrogens is 1. The molecule has 1 unspecified atom stereocenters. The number of aryl methyl sites for hydroxylation is 2. The molecule has 5 heteroatoms. The Hall–Kier alpha value is -2.40. The van der Waals surface area contributed by atoms with E-state index in [1.807, 2.05) is 26.1 Å². The van der Waals surface area contributed by atoms with Crippen LogP contribution >= 0.6 is 0 Å². The Morgan fingerprint density at radius 2 is 1.85 bits per heavy atom. The van der Waals surface area contributed by atoms with Crippen LogP contribution in [0.25, 0.3) is 0 Å². The third-order valence-electron chi connectivity index (χ3n) is 5.03. The molecule has 1 aromatic heterocycles. The minimum Gasteiger partial charge on any atom is -0.462 e. The van der Waals surface area contributed by atoms with E-state index in [0.29, 0.717) is 29.1 Å². The predicted octanol–water partition coefficient (Wildman–Crippen LogP) is 2.40. The molecule has 140 valence electrons. The van der Waals surface area contributed by atoms with Crippen LogP contribution in [0.2, 0.25) is 0 Å². The van der Waals surface area contributed by atoms with E-state index in [1.54, 1.807) is 20.8 Å². The number of hydrogen-bond acceptors (Lipinski definition) is 3. The van der Waals surface area contributed by atoms with Gasteiger partial charge in [-0.3, -0.25) is 4.79 Å². The number of ketones is 1. The summed E-state index contributed by atoms with van der Waals surface area (Å²) in [7, 11) is 2.02. The summed E-state index contributed by atoms with van der Waals surface area (Å²) < 4.78 is 5.11. The third kappa shape index (κ3) is 4.05. The van der Waals surface area contributed by atoms with Crippen LogP contribution in [0.1, 0.15) is 57.1 Å². The smallest absolute Gasteiger partial charge is 0.340 e. The first-order valence-corrected chi connectivity index (χ1v) is 9.05. The number of ether oxygens (including phenoxy) is 1. The van der Waals surface area contributed by atoms with Crippen molar-refractivity contribution in [3.05, 3.63) is 57.9 Å².